The number of ketones is 2. The number of imide groups is 4. The predicted molar refractivity (Wildman–Crippen MR) is 313 cm³/mol. The highest BCUT2D eigenvalue weighted by Crippen LogP contribution is 2.26. The van der Waals surface area contributed by atoms with E-state index in [0.717, 1.165) is 58.3 Å². The minimum absolute atomic E-state index is 0.0170. The third-order valence-corrected chi connectivity index (χ3v) is 16.6. The summed E-state index contributed by atoms with van der Waals surface area (Å²) in [7, 11) is -3.00. The van der Waals surface area contributed by atoms with Crippen LogP contribution in [-0.4, -0.2) is 210 Å². The lowest BCUT2D eigenvalue weighted by molar-refractivity contribution is -0.141. The zero-order valence-corrected chi connectivity index (χ0v) is 51.7. The molecule has 0 bridgehead atoms. The van der Waals surface area contributed by atoms with E-state index in [-0.39, 0.29) is 163 Å². The standard InChI is InChI=1S/C28H39N5O9.C14H22N2O6S2.C13H20N2O3S/c1-18(2)21-16-27(41)33(28(21)42)14-3-4-19(34)5-7-23(37)31-17-20(35)6-8-22(36)29-12-11-24(38)30-13-15-32-25(39)9-10-26(32)40;1-10(2)23-9-6-11(24(20,21)22-3)14(19)15-7-8-16-12(17)4-5-13(16)18;1-10(2)19-9-3-4-11(16)14-7-8-15-12(17)5-6-13(15)18/h9-10,18,21H,3-8,11-17H2,1-2H3,(H,29,36)(H,30,38)(H,31,37);4-5,10-11H,6-9H2,1-3H3,(H,15,19);5-6,10H,3-4,7-9H2,1-2H3,(H,14,16). The zero-order valence-electron chi connectivity index (χ0n) is 49.3. The molecule has 2 unspecified atom stereocenters. The van der Waals surface area contributed by atoms with Crippen molar-refractivity contribution in [2.24, 2.45) is 11.8 Å². The van der Waals surface area contributed by atoms with Gasteiger partial charge in [-0.05, 0) is 47.2 Å². The van der Waals surface area contributed by atoms with E-state index < -0.39 is 56.7 Å². The van der Waals surface area contributed by atoms with Crippen molar-refractivity contribution in [1.29, 1.82) is 0 Å². The first kappa shape index (κ1) is 74.2. The molecular weight excluding hydrogens is 1170 g/mol. The van der Waals surface area contributed by atoms with Gasteiger partial charge in [0.05, 0.1) is 13.7 Å². The van der Waals surface area contributed by atoms with Crippen LogP contribution in [0.2, 0.25) is 0 Å². The van der Waals surface area contributed by atoms with Gasteiger partial charge in [-0.3, -0.25) is 95.7 Å². The largest absolute Gasteiger partial charge is 0.356 e. The van der Waals surface area contributed by atoms with Crippen LogP contribution in [0.1, 0.15) is 112 Å². The van der Waals surface area contributed by atoms with Crippen LogP contribution in [0.5, 0.6) is 0 Å². The fourth-order valence-electron chi connectivity index (χ4n) is 7.94. The van der Waals surface area contributed by atoms with Crippen LogP contribution in [0.3, 0.4) is 0 Å². The summed E-state index contributed by atoms with van der Waals surface area (Å²) < 4.78 is 28.3. The number of hydrogen-bond donors (Lipinski definition) is 5. The van der Waals surface area contributed by atoms with Crippen LogP contribution < -0.4 is 26.6 Å². The van der Waals surface area contributed by atoms with Crippen LogP contribution >= 0.6 is 23.5 Å². The Labute approximate surface area is 504 Å². The van der Waals surface area contributed by atoms with Crippen LogP contribution in [0.15, 0.2) is 36.5 Å². The summed E-state index contributed by atoms with van der Waals surface area (Å²) in [6.07, 6.45) is 8.78. The summed E-state index contributed by atoms with van der Waals surface area (Å²) in [4.78, 5) is 180. The van der Waals surface area contributed by atoms with Crippen LogP contribution in [0.4, 0.5) is 0 Å². The lowest BCUT2D eigenvalue weighted by atomic mass is 9.94. The van der Waals surface area contributed by atoms with Crippen molar-refractivity contribution >= 4 is 122 Å². The highest BCUT2D eigenvalue weighted by Gasteiger charge is 2.40. The van der Waals surface area contributed by atoms with Gasteiger partial charge in [0.15, 0.2) is 11.0 Å². The molecule has 0 aliphatic carbocycles. The van der Waals surface area contributed by atoms with Crippen molar-refractivity contribution in [3.63, 3.8) is 0 Å². The Morgan fingerprint density at radius 3 is 1.39 bits per heavy atom. The van der Waals surface area contributed by atoms with Crippen LogP contribution in [-0.2, 0) is 86.2 Å². The number of nitrogens with one attached hydrogen (secondary N) is 5. The minimum atomic E-state index is -4.01. The van der Waals surface area contributed by atoms with Crippen molar-refractivity contribution in [2.75, 3.05) is 77.5 Å². The minimum Gasteiger partial charge on any atom is -0.356 e. The fourth-order valence-corrected chi connectivity index (χ4v) is 10.7. The molecule has 0 aromatic rings. The third-order valence-electron chi connectivity index (χ3n) is 12.7. The van der Waals surface area contributed by atoms with Gasteiger partial charge >= 0.3 is 0 Å². The Bertz CT molecular complexity index is 2600. The maximum atomic E-state index is 12.3. The zero-order chi connectivity index (χ0) is 63.8. The Morgan fingerprint density at radius 2 is 0.929 bits per heavy atom. The quantitative estimate of drug-likeness (QED) is 0.0311. The number of hydrogen-bond acceptors (Lipinski definition) is 20. The Kier molecular flexibility index (Phi) is 34.0. The highest BCUT2D eigenvalue weighted by molar-refractivity contribution is 8.00. The summed E-state index contributed by atoms with van der Waals surface area (Å²) in [5.74, 6) is -4.21. The second kappa shape index (κ2) is 38.9. The molecular formula is C55H81N9O18S3. The number of carbonyl (C=O) groups excluding carboxylic acids is 15. The van der Waals surface area contributed by atoms with E-state index in [1.165, 1.54) is 17.1 Å². The molecule has 4 rings (SSSR count). The van der Waals surface area contributed by atoms with E-state index in [0.29, 0.717) is 35.6 Å². The lowest BCUT2D eigenvalue weighted by Crippen LogP contribution is -2.44. The molecule has 13 amide bonds. The number of Topliss-reactive ketones (excluding diaryl/α,β-unsaturated/α-hetero) is 2. The number of carbonyl (C=O) groups is 15. The van der Waals surface area contributed by atoms with Gasteiger partial charge in [0.1, 0.15) is 5.78 Å². The number of thioether (sulfide) groups is 2. The van der Waals surface area contributed by atoms with Gasteiger partial charge in [0.25, 0.3) is 45.6 Å². The third kappa shape index (κ3) is 28.7. The van der Waals surface area contributed by atoms with Gasteiger partial charge < -0.3 is 26.6 Å². The van der Waals surface area contributed by atoms with Gasteiger partial charge in [-0.2, -0.15) is 31.9 Å². The maximum Gasteiger partial charge on any atom is 0.279 e. The monoisotopic (exact) mass is 1250 g/mol. The van der Waals surface area contributed by atoms with Gasteiger partial charge in [0, 0.05) is 146 Å². The van der Waals surface area contributed by atoms with Crippen molar-refractivity contribution in [2.45, 2.75) is 128 Å². The molecule has 5 N–H and O–H groups in total. The molecule has 27 nitrogen and oxygen atoms in total. The van der Waals surface area contributed by atoms with E-state index in [1.807, 2.05) is 39.5 Å². The van der Waals surface area contributed by atoms with Crippen molar-refractivity contribution in [3.05, 3.63) is 36.5 Å². The van der Waals surface area contributed by atoms with Crippen molar-refractivity contribution in [3.8, 4) is 0 Å². The molecule has 85 heavy (non-hydrogen) atoms. The number of likely N-dealkylation sites (tertiary alicyclic amines) is 1. The molecule has 4 aliphatic heterocycles. The first-order valence-electron chi connectivity index (χ1n) is 27.9. The summed E-state index contributed by atoms with van der Waals surface area (Å²) >= 11 is 3.37. The SMILES string of the molecule is CC(C)C1CC(=O)N(CCCC(=O)CCC(=O)NCC(=O)CCC(=O)NCCC(=O)NCCN2C(=O)C=CC2=O)C1=O.CC(C)SCCCC(=O)NCCN1C(=O)C=CC1=O.COS(=O)(=O)C(CCSC(C)C)C(=O)NCCN1C(=O)C=CC1=O. The topological polar surface area (TPSA) is 373 Å². The van der Waals surface area contributed by atoms with E-state index in [1.54, 1.807) is 11.8 Å². The molecule has 472 valence electrons. The molecule has 30 heteroatoms. The second-order valence-electron chi connectivity index (χ2n) is 20.4. The first-order valence-corrected chi connectivity index (χ1v) is 31.5. The maximum absolute atomic E-state index is 12.3. The van der Waals surface area contributed by atoms with Gasteiger partial charge in [-0.25, -0.2) is 0 Å². The van der Waals surface area contributed by atoms with E-state index >= 15 is 0 Å². The molecule has 4 aliphatic rings. The van der Waals surface area contributed by atoms with E-state index in [4.69, 9.17) is 0 Å². The molecule has 1 fully saturated rings. The van der Waals surface area contributed by atoms with Crippen molar-refractivity contribution in [1.82, 2.24) is 46.2 Å². The van der Waals surface area contributed by atoms with E-state index in [9.17, 15) is 80.3 Å². The van der Waals surface area contributed by atoms with Crippen LogP contribution in [0.25, 0.3) is 0 Å². The number of nitrogens with zero attached hydrogens (tertiary/aromatic N) is 4. The van der Waals surface area contributed by atoms with E-state index in [2.05, 4.69) is 44.6 Å². The molecule has 2 atom stereocenters. The molecule has 0 aromatic carbocycles. The average molecular weight is 1250 g/mol. The van der Waals surface area contributed by atoms with Gasteiger partial charge in [0.2, 0.25) is 41.4 Å². The predicted octanol–water partition coefficient (Wildman–Crippen LogP) is 0.0135. The Balaban J connectivity index is 0.000000482. The molecule has 0 radical (unpaired) electrons. The normalized spacial score (nSPS) is 15.9. The summed E-state index contributed by atoms with van der Waals surface area (Å²) in [5.41, 5.74) is 0. The molecule has 1 saturated heterocycles. The number of amides is 13. The average Bonchev–Trinajstić information content (AvgIpc) is 3.75. The number of rotatable bonds is 37. The smallest absolute Gasteiger partial charge is 0.279 e. The molecule has 0 aromatic heterocycles. The van der Waals surface area contributed by atoms with Crippen LogP contribution in [0, 0.1) is 11.8 Å². The Morgan fingerprint density at radius 1 is 0.506 bits per heavy atom. The molecule has 4 heterocycles. The molecule has 0 spiro atoms. The summed E-state index contributed by atoms with van der Waals surface area (Å²) in [6.45, 7) is 12.6. The molecule has 0 saturated carbocycles. The Hall–Kier alpha value is -6.92. The first-order chi connectivity index (χ1) is 40.1. The summed E-state index contributed by atoms with van der Waals surface area (Å²) in [5, 5.41) is 12.2. The lowest BCUT2D eigenvalue weighted by Gasteiger charge is -2.18. The van der Waals surface area contributed by atoms with Gasteiger partial charge in [-0.15, -0.1) is 0 Å². The van der Waals surface area contributed by atoms with Gasteiger partial charge in [-0.1, -0.05) is 41.5 Å². The second-order valence-corrected chi connectivity index (χ2v) is 25.6. The van der Waals surface area contributed by atoms with Crippen molar-refractivity contribution < 1.29 is 84.5 Å². The highest BCUT2D eigenvalue weighted by atomic mass is 32.2. The summed E-state index contributed by atoms with van der Waals surface area (Å²) in [6, 6.07) is 0. The fraction of sp³-hybridized carbons (Fsp3) is 0.618.